The van der Waals surface area contributed by atoms with Gasteiger partial charge < -0.3 is 91.0 Å². The molecule has 0 aromatic carbocycles. The number of amides is 6. The minimum atomic E-state index is -5.49. The first kappa shape index (κ1) is 62.1. The number of nitrogens with one attached hydrogen (secondary N) is 6. The van der Waals surface area contributed by atoms with E-state index in [2.05, 4.69) is 36.1 Å². The van der Waals surface area contributed by atoms with Gasteiger partial charge in [0.05, 0.1) is 31.9 Å². The van der Waals surface area contributed by atoms with E-state index >= 15 is 0 Å². The number of rotatable bonds is 28. The summed E-state index contributed by atoms with van der Waals surface area (Å²) in [5.41, 5.74) is 0. The number of carbonyl (C=O) groups excluding carboxylic acids is 5. The lowest BCUT2D eigenvalue weighted by atomic mass is 9.94. The van der Waals surface area contributed by atoms with E-state index in [0.717, 1.165) is 32.4 Å². The van der Waals surface area contributed by atoms with Gasteiger partial charge in [0.25, 0.3) is 0 Å². The summed E-state index contributed by atoms with van der Waals surface area (Å²) < 4.78 is 109. The predicted molar refractivity (Wildman–Crippen MR) is 248 cm³/mol. The molecule has 5 heterocycles. The third-order valence-electron chi connectivity index (χ3n) is 12.4. The number of thioether (sulfide) groups is 1. The molecule has 0 unspecified atom stereocenters. The van der Waals surface area contributed by atoms with Crippen molar-refractivity contribution in [2.24, 2.45) is 0 Å². The molecule has 18 atom stereocenters. The maximum atomic E-state index is 12.7. The standard InChI is InChI=1S/C40H66N6O26S3/c1-17(49)43-26-28(53)31(71-74(59,60)61)20(14-47)67-38(26)69-34-29(54)30(55)39(70-35(34)36(56)57)68-33-27(44-18(2)50)37(66-21(15-48)32(33)72-75(62,63)64)65-13-12-42-24(52)9-4-3-7-11-41-23(51)10-6-5-8-22-25-19(16-73-22)45-40(58)46-25/h19-22,25-35,37-39,47-48,53-55H,3-16H2,1-2H3,(H,41,51)(H,42,52)(H,43,49)(H,44,50)(H,56,57)(H2,45,46,58)(H,59,60,61)(H,62,63,64)/t19-,20+,21+,22-,25-,26+,27+,28+,29+,30+,31-,32-,33+,34-,35-,37+,38-,39+/m0/s1. The molecule has 0 aromatic rings. The minimum absolute atomic E-state index is 0.0818. The van der Waals surface area contributed by atoms with E-state index in [1.54, 1.807) is 0 Å². The molecule has 5 saturated heterocycles. The summed E-state index contributed by atoms with van der Waals surface area (Å²) in [6, 6.07) is -3.54. The number of unbranched alkanes of at least 4 members (excludes halogenated alkanes) is 3. The number of hydrogen-bond donors (Lipinski definition) is 14. The number of carbonyl (C=O) groups is 6. The van der Waals surface area contributed by atoms with Gasteiger partial charge in [0.15, 0.2) is 25.0 Å². The zero-order valence-corrected chi connectivity index (χ0v) is 42.9. The molecule has 35 heteroatoms. The molecular weight excluding hydrogens is 1080 g/mol. The highest BCUT2D eigenvalue weighted by molar-refractivity contribution is 8.00. The molecule has 5 aliphatic heterocycles. The SMILES string of the molecule is CC(=O)N[C@H]1[C@H](O[C@H]2[C@H](O)[C@@H](O)[C@H](O[C@@H]3[C@@H](NC(C)=O)[C@H](OCCNC(=O)CCCCCNC(=O)CCCC[C@@H]4SC[C@@H]5NC(=O)N[C@@H]54)O[C@H](CO)[C@@H]3OS(=O)(=O)O)O[C@@H]2C(=O)O)O[C@H](CO)[C@H](OS(=O)(=O)O)[C@@H]1O. The Balaban J connectivity index is 1.16. The van der Waals surface area contributed by atoms with Gasteiger partial charge in [0, 0.05) is 50.8 Å². The Morgan fingerprint density at radius 1 is 0.680 bits per heavy atom. The van der Waals surface area contributed by atoms with Crippen LogP contribution >= 0.6 is 11.8 Å². The topological polar surface area (TPSA) is 479 Å². The molecule has 5 aliphatic rings. The normalized spacial score (nSPS) is 34.9. The molecule has 6 amide bonds. The average molecular weight is 1140 g/mol. The second kappa shape index (κ2) is 28.2. The first-order valence-corrected chi connectivity index (χ1v) is 27.5. The van der Waals surface area contributed by atoms with E-state index in [9.17, 15) is 85.3 Å². The van der Waals surface area contributed by atoms with Crippen LogP contribution in [0.1, 0.15) is 65.2 Å². The Morgan fingerprint density at radius 3 is 1.87 bits per heavy atom. The Labute approximate surface area is 434 Å². The summed E-state index contributed by atoms with van der Waals surface area (Å²) in [7, 11) is -10.8. The summed E-state index contributed by atoms with van der Waals surface area (Å²) >= 11 is 1.81. The van der Waals surface area contributed by atoms with Crippen molar-refractivity contribution in [1.82, 2.24) is 31.9 Å². The van der Waals surface area contributed by atoms with E-state index in [1.165, 1.54) is 0 Å². The fraction of sp³-hybridized carbons (Fsp3) is 0.850. The molecule has 0 radical (unpaired) electrons. The monoisotopic (exact) mass is 1140 g/mol. The van der Waals surface area contributed by atoms with Crippen LogP contribution in [-0.4, -0.2) is 240 Å². The van der Waals surface area contributed by atoms with Crippen LogP contribution in [-0.2, 0) is 81.6 Å². The number of hydrogen-bond acceptors (Lipinski definition) is 24. The van der Waals surface area contributed by atoms with Gasteiger partial charge >= 0.3 is 32.8 Å². The van der Waals surface area contributed by atoms with E-state index in [4.69, 9.17) is 32.6 Å². The molecule has 14 N–H and O–H groups in total. The number of carboxylic acid groups (broad SMARTS) is 1. The van der Waals surface area contributed by atoms with Crippen LogP contribution in [0.15, 0.2) is 0 Å². The highest BCUT2D eigenvalue weighted by Gasteiger charge is 2.57. The smallest absolute Gasteiger partial charge is 0.397 e. The molecule has 430 valence electrons. The van der Waals surface area contributed by atoms with Crippen LogP contribution < -0.4 is 31.9 Å². The van der Waals surface area contributed by atoms with E-state index in [0.29, 0.717) is 43.9 Å². The number of aliphatic hydroxyl groups is 5. The number of aliphatic hydroxyl groups excluding tert-OH is 5. The number of aliphatic carboxylic acids is 1. The van der Waals surface area contributed by atoms with Gasteiger partial charge in [0.1, 0.15) is 67.0 Å². The van der Waals surface area contributed by atoms with Crippen LogP contribution in [0, 0.1) is 0 Å². The molecule has 0 spiro atoms. The molecule has 0 saturated carbocycles. The second-order valence-corrected chi connectivity index (χ2v) is 21.4. The van der Waals surface area contributed by atoms with Crippen molar-refractivity contribution in [3.05, 3.63) is 0 Å². The van der Waals surface area contributed by atoms with Gasteiger partial charge in [-0.15, -0.1) is 0 Å². The van der Waals surface area contributed by atoms with Crippen LogP contribution in [0.5, 0.6) is 0 Å². The van der Waals surface area contributed by atoms with Gasteiger partial charge in [-0.3, -0.25) is 28.3 Å². The van der Waals surface area contributed by atoms with E-state index in [1.807, 2.05) is 11.8 Å². The van der Waals surface area contributed by atoms with E-state index in [-0.39, 0.29) is 49.5 Å². The Hall–Kier alpha value is -3.73. The fourth-order valence-corrected chi connectivity index (χ4v) is 11.6. The molecule has 0 aromatic heterocycles. The largest absolute Gasteiger partial charge is 0.479 e. The zero-order valence-electron chi connectivity index (χ0n) is 40.4. The first-order chi connectivity index (χ1) is 35.3. The lowest BCUT2D eigenvalue weighted by molar-refractivity contribution is -0.358. The summed E-state index contributed by atoms with van der Waals surface area (Å²) in [5.74, 6) is -3.35. The van der Waals surface area contributed by atoms with Crippen molar-refractivity contribution in [2.75, 3.05) is 38.7 Å². The van der Waals surface area contributed by atoms with Gasteiger partial charge in [-0.05, 0) is 25.7 Å². The van der Waals surface area contributed by atoms with Crippen LogP contribution in [0.25, 0.3) is 0 Å². The highest BCUT2D eigenvalue weighted by atomic mass is 32.3. The molecule has 5 rings (SSSR count). The maximum Gasteiger partial charge on any atom is 0.397 e. The van der Waals surface area contributed by atoms with Crippen molar-refractivity contribution in [1.29, 1.82) is 0 Å². The highest BCUT2D eigenvalue weighted by Crippen LogP contribution is 2.36. The van der Waals surface area contributed by atoms with E-state index < -0.39 is 144 Å². The van der Waals surface area contributed by atoms with Crippen molar-refractivity contribution in [2.45, 2.75) is 175 Å². The summed E-state index contributed by atoms with van der Waals surface area (Å²) in [5, 5.41) is 80.3. The Bertz CT molecular complexity index is 2190. The van der Waals surface area contributed by atoms with Crippen molar-refractivity contribution in [3.8, 4) is 0 Å². The van der Waals surface area contributed by atoms with Gasteiger partial charge in [-0.1, -0.05) is 12.8 Å². The quantitative estimate of drug-likeness (QED) is 0.0197. The van der Waals surface area contributed by atoms with Gasteiger partial charge in [0.2, 0.25) is 23.6 Å². The lowest BCUT2D eigenvalue weighted by Gasteiger charge is -2.49. The third kappa shape index (κ3) is 18.2. The molecule has 5 fully saturated rings. The predicted octanol–water partition coefficient (Wildman–Crippen LogP) is -6.00. The molecule has 75 heavy (non-hydrogen) atoms. The Kier molecular flexibility index (Phi) is 23.4. The molecular formula is C40H66N6O26S3. The van der Waals surface area contributed by atoms with Crippen LogP contribution in [0.2, 0.25) is 0 Å². The number of carboxylic acids is 1. The van der Waals surface area contributed by atoms with Crippen LogP contribution in [0.4, 0.5) is 4.79 Å². The minimum Gasteiger partial charge on any atom is -0.479 e. The fourth-order valence-electron chi connectivity index (χ4n) is 9.07. The van der Waals surface area contributed by atoms with Crippen molar-refractivity contribution >= 4 is 68.2 Å². The Morgan fingerprint density at radius 2 is 1.25 bits per heavy atom. The van der Waals surface area contributed by atoms with Gasteiger partial charge in [-0.25, -0.2) is 18.0 Å². The number of urea groups is 1. The summed E-state index contributed by atoms with van der Waals surface area (Å²) in [6.07, 6.45) is -23.4. The number of ether oxygens (including phenoxy) is 6. The van der Waals surface area contributed by atoms with Crippen molar-refractivity contribution < 1.29 is 122 Å². The third-order valence-corrected chi connectivity index (χ3v) is 14.9. The molecule has 32 nitrogen and oxygen atoms in total. The molecule has 0 bridgehead atoms. The molecule has 0 aliphatic carbocycles. The summed E-state index contributed by atoms with van der Waals surface area (Å²) in [6.45, 7) is -0.477. The second-order valence-electron chi connectivity index (χ2n) is 18.1. The number of fused-ring (bicyclic) bond motifs is 1. The zero-order chi connectivity index (χ0) is 55.4. The van der Waals surface area contributed by atoms with Gasteiger partial charge in [-0.2, -0.15) is 28.6 Å². The lowest BCUT2D eigenvalue weighted by Crippen LogP contribution is -2.70. The maximum absolute atomic E-state index is 12.7. The first-order valence-electron chi connectivity index (χ1n) is 23.8. The van der Waals surface area contributed by atoms with Crippen molar-refractivity contribution in [3.63, 3.8) is 0 Å². The average Bonchev–Trinajstić information content (AvgIpc) is 3.88. The van der Waals surface area contributed by atoms with Crippen LogP contribution in [0.3, 0.4) is 0 Å². The summed E-state index contributed by atoms with van der Waals surface area (Å²) in [4.78, 5) is 73.9.